The average molecular weight is 156 g/mol. The summed E-state index contributed by atoms with van der Waals surface area (Å²) < 4.78 is 0. The van der Waals surface area contributed by atoms with E-state index in [1.54, 1.807) is 11.8 Å². The van der Waals surface area contributed by atoms with E-state index in [9.17, 15) is 4.79 Å². The highest BCUT2D eigenvalue weighted by Crippen LogP contribution is 2.29. The molecule has 0 amide bonds. The van der Waals surface area contributed by atoms with Gasteiger partial charge in [0.15, 0.2) is 0 Å². The molecule has 0 aliphatic heterocycles. The molecule has 10 heavy (non-hydrogen) atoms. The Morgan fingerprint density at radius 2 is 2.10 bits per heavy atom. The summed E-state index contributed by atoms with van der Waals surface area (Å²) in [6, 6.07) is 0. The molecule has 0 spiro atoms. The molecule has 0 heterocycles. The highest BCUT2D eigenvalue weighted by Gasteiger charge is 2.09. The van der Waals surface area contributed by atoms with Crippen LogP contribution in [0.3, 0.4) is 0 Å². The molecule has 0 N–H and O–H groups in total. The second-order valence-electron chi connectivity index (χ2n) is 2.48. The van der Waals surface area contributed by atoms with Crippen LogP contribution in [0.4, 0.5) is 0 Å². The molecule has 0 aromatic carbocycles. The average Bonchev–Trinajstić information content (AvgIpc) is 2.04. The smallest absolute Gasteiger partial charge is 0.146 e. The van der Waals surface area contributed by atoms with Crippen molar-refractivity contribution >= 4 is 18.0 Å². The molecule has 0 saturated carbocycles. The molecule has 0 atom stereocenters. The Balaban J connectivity index is 2.72. The van der Waals surface area contributed by atoms with Gasteiger partial charge in [-0.15, -0.1) is 11.8 Å². The lowest BCUT2D eigenvalue weighted by Crippen LogP contribution is -1.97. The first-order chi connectivity index (χ1) is 4.88. The Kier molecular flexibility index (Phi) is 3.00. The molecule has 0 fully saturated rings. The topological polar surface area (TPSA) is 17.1 Å². The van der Waals surface area contributed by atoms with Gasteiger partial charge in [-0.05, 0) is 36.8 Å². The summed E-state index contributed by atoms with van der Waals surface area (Å²) >= 11 is 1.73. The van der Waals surface area contributed by atoms with Crippen LogP contribution in [-0.4, -0.2) is 12.5 Å². The Morgan fingerprint density at radius 3 is 2.60 bits per heavy atom. The zero-order valence-corrected chi connectivity index (χ0v) is 7.04. The van der Waals surface area contributed by atoms with Gasteiger partial charge in [0.2, 0.25) is 0 Å². The molecule has 0 aromatic rings. The van der Waals surface area contributed by atoms with E-state index in [4.69, 9.17) is 0 Å². The van der Waals surface area contributed by atoms with Crippen LogP contribution in [0.5, 0.6) is 0 Å². The Labute approximate surface area is 65.9 Å². The lowest BCUT2D eigenvalue weighted by atomic mass is 10.0. The van der Waals surface area contributed by atoms with Gasteiger partial charge in [-0.3, -0.25) is 4.79 Å². The van der Waals surface area contributed by atoms with Gasteiger partial charge in [0, 0.05) is 5.57 Å². The quantitative estimate of drug-likeness (QED) is 0.571. The minimum atomic E-state index is 1.000. The fourth-order valence-corrected chi connectivity index (χ4v) is 2.02. The van der Waals surface area contributed by atoms with Gasteiger partial charge >= 0.3 is 0 Å². The molecular formula is C8H12OS. The molecular weight excluding hydrogens is 144 g/mol. The number of carbonyl (C=O) groups is 1. The van der Waals surface area contributed by atoms with Gasteiger partial charge in [-0.1, -0.05) is 0 Å². The molecule has 0 bridgehead atoms. The van der Waals surface area contributed by atoms with Gasteiger partial charge in [0.25, 0.3) is 0 Å². The van der Waals surface area contributed by atoms with Crippen LogP contribution in [0.1, 0.15) is 25.7 Å². The van der Waals surface area contributed by atoms with Crippen LogP contribution in [0, 0.1) is 0 Å². The Hall–Kier alpha value is -0.240. The van der Waals surface area contributed by atoms with Crippen molar-refractivity contribution in [3.05, 3.63) is 10.5 Å². The predicted molar refractivity (Wildman–Crippen MR) is 45.1 cm³/mol. The summed E-state index contributed by atoms with van der Waals surface area (Å²) in [5.41, 5.74) is 1.04. The molecule has 0 unspecified atom stereocenters. The SMILES string of the molecule is CSC1=C(C=O)CCCC1. The summed E-state index contributed by atoms with van der Waals surface area (Å²) in [5.74, 6) is 0. The molecule has 2 heteroatoms. The lowest BCUT2D eigenvalue weighted by molar-refractivity contribution is -0.105. The van der Waals surface area contributed by atoms with Crippen LogP contribution in [0.2, 0.25) is 0 Å². The van der Waals surface area contributed by atoms with Crippen molar-refractivity contribution in [1.82, 2.24) is 0 Å². The van der Waals surface area contributed by atoms with Crippen molar-refractivity contribution in [1.29, 1.82) is 0 Å². The monoisotopic (exact) mass is 156 g/mol. The van der Waals surface area contributed by atoms with Crippen LogP contribution < -0.4 is 0 Å². The number of thioether (sulfide) groups is 1. The molecule has 1 aliphatic rings. The summed E-state index contributed by atoms with van der Waals surface area (Å²) in [4.78, 5) is 11.8. The highest BCUT2D eigenvalue weighted by atomic mass is 32.2. The van der Waals surface area contributed by atoms with E-state index in [0.717, 1.165) is 24.7 Å². The van der Waals surface area contributed by atoms with E-state index in [1.807, 2.05) is 6.26 Å². The summed E-state index contributed by atoms with van der Waals surface area (Å²) in [7, 11) is 0. The molecule has 0 saturated heterocycles. The van der Waals surface area contributed by atoms with E-state index in [1.165, 1.54) is 17.7 Å². The van der Waals surface area contributed by atoms with Gasteiger partial charge in [0.1, 0.15) is 6.29 Å². The normalized spacial score (nSPS) is 19.3. The van der Waals surface area contributed by atoms with E-state index in [0.29, 0.717) is 0 Å². The predicted octanol–water partition coefficient (Wildman–Crippen LogP) is 2.38. The van der Waals surface area contributed by atoms with Crippen LogP contribution >= 0.6 is 11.8 Å². The number of hydrogen-bond donors (Lipinski definition) is 0. The fraction of sp³-hybridized carbons (Fsp3) is 0.625. The number of carbonyl (C=O) groups excluding carboxylic acids is 1. The Morgan fingerprint density at radius 1 is 1.40 bits per heavy atom. The molecule has 1 aliphatic carbocycles. The minimum Gasteiger partial charge on any atom is -0.298 e. The first kappa shape index (κ1) is 7.86. The van der Waals surface area contributed by atoms with Crippen molar-refractivity contribution in [3.63, 3.8) is 0 Å². The van der Waals surface area contributed by atoms with Crippen molar-refractivity contribution < 1.29 is 4.79 Å². The third kappa shape index (κ3) is 1.63. The van der Waals surface area contributed by atoms with Crippen molar-refractivity contribution in [2.24, 2.45) is 0 Å². The molecule has 56 valence electrons. The first-order valence-electron chi connectivity index (χ1n) is 3.59. The van der Waals surface area contributed by atoms with Crippen molar-refractivity contribution in [2.45, 2.75) is 25.7 Å². The zero-order chi connectivity index (χ0) is 7.40. The van der Waals surface area contributed by atoms with Gasteiger partial charge < -0.3 is 0 Å². The fourth-order valence-electron chi connectivity index (χ4n) is 1.26. The minimum absolute atomic E-state index is 1.000. The molecule has 0 radical (unpaired) electrons. The maximum Gasteiger partial charge on any atom is 0.146 e. The van der Waals surface area contributed by atoms with E-state index < -0.39 is 0 Å². The maximum atomic E-state index is 10.5. The third-order valence-electron chi connectivity index (χ3n) is 1.85. The number of allylic oxidation sites excluding steroid dienone is 2. The number of rotatable bonds is 2. The van der Waals surface area contributed by atoms with Gasteiger partial charge in [0.05, 0.1) is 0 Å². The molecule has 1 rings (SSSR count). The van der Waals surface area contributed by atoms with Gasteiger partial charge in [-0.25, -0.2) is 0 Å². The van der Waals surface area contributed by atoms with E-state index >= 15 is 0 Å². The van der Waals surface area contributed by atoms with E-state index in [-0.39, 0.29) is 0 Å². The maximum absolute atomic E-state index is 10.5. The molecule has 1 nitrogen and oxygen atoms in total. The van der Waals surface area contributed by atoms with Crippen LogP contribution in [0.15, 0.2) is 10.5 Å². The highest BCUT2D eigenvalue weighted by molar-refractivity contribution is 8.02. The summed E-state index contributed by atoms with van der Waals surface area (Å²) in [6.45, 7) is 0. The summed E-state index contributed by atoms with van der Waals surface area (Å²) in [6.07, 6.45) is 7.63. The summed E-state index contributed by atoms with van der Waals surface area (Å²) in [5, 5.41) is 0. The Bertz CT molecular complexity index is 161. The van der Waals surface area contributed by atoms with Crippen LogP contribution in [-0.2, 0) is 4.79 Å². The van der Waals surface area contributed by atoms with Crippen molar-refractivity contribution in [3.8, 4) is 0 Å². The largest absolute Gasteiger partial charge is 0.298 e. The number of hydrogen-bond acceptors (Lipinski definition) is 2. The first-order valence-corrected chi connectivity index (χ1v) is 4.82. The van der Waals surface area contributed by atoms with E-state index in [2.05, 4.69) is 0 Å². The standard InChI is InChI=1S/C8H12OS/c1-10-8-5-3-2-4-7(8)6-9/h6H,2-5H2,1H3. The zero-order valence-electron chi connectivity index (χ0n) is 6.22. The lowest BCUT2D eigenvalue weighted by Gasteiger charge is -2.13. The molecule has 0 aromatic heterocycles. The second-order valence-corrected chi connectivity index (χ2v) is 3.38. The van der Waals surface area contributed by atoms with Gasteiger partial charge in [-0.2, -0.15) is 0 Å². The van der Waals surface area contributed by atoms with Crippen LogP contribution in [0.25, 0.3) is 0 Å². The second kappa shape index (κ2) is 3.81. The number of aldehydes is 1. The van der Waals surface area contributed by atoms with Crippen molar-refractivity contribution in [2.75, 3.05) is 6.26 Å². The third-order valence-corrected chi connectivity index (χ3v) is 2.81.